The highest BCUT2D eigenvalue weighted by Gasteiger charge is 2.53. The van der Waals surface area contributed by atoms with Crippen LogP contribution in [0.4, 0.5) is 15.9 Å². The van der Waals surface area contributed by atoms with Gasteiger partial charge in [0.25, 0.3) is 0 Å². The molecule has 0 bridgehead atoms. The van der Waals surface area contributed by atoms with Crippen LogP contribution in [0.3, 0.4) is 0 Å². The molecule has 2 saturated heterocycles. The highest BCUT2D eigenvalue weighted by atomic mass is 35.5. The van der Waals surface area contributed by atoms with Crippen LogP contribution in [-0.4, -0.2) is 71.9 Å². The summed E-state index contributed by atoms with van der Waals surface area (Å²) in [5.74, 6) is 0.760. The molecule has 3 fully saturated rings. The van der Waals surface area contributed by atoms with Crippen molar-refractivity contribution in [2.45, 2.75) is 31.5 Å². The van der Waals surface area contributed by atoms with Crippen LogP contribution >= 0.6 is 11.6 Å². The zero-order valence-corrected chi connectivity index (χ0v) is 21.8. The first-order chi connectivity index (χ1) is 17.8. The number of hydrogen-bond acceptors (Lipinski definition) is 6. The van der Waals surface area contributed by atoms with Crippen molar-refractivity contribution < 1.29 is 13.9 Å². The largest absolute Gasteiger partial charge is 0.376 e. The lowest BCUT2D eigenvalue weighted by atomic mass is 9.96. The minimum atomic E-state index is -0.970. The third-order valence-corrected chi connectivity index (χ3v) is 8.73. The molecular weight excluding hydrogens is 493 g/mol. The van der Waals surface area contributed by atoms with Crippen molar-refractivity contribution >= 4 is 39.8 Å². The van der Waals surface area contributed by atoms with Crippen molar-refractivity contribution in [2.24, 2.45) is 11.8 Å². The lowest BCUT2D eigenvalue weighted by molar-refractivity contribution is -0.117. The Hall–Kier alpha value is -2.81. The van der Waals surface area contributed by atoms with Crippen molar-refractivity contribution in [3.05, 3.63) is 59.5 Å². The summed E-state index contributed by atoms with van der Waals surface area (Å²) in [6.45, 7) is 7.60. The fraction of sp³-hybridized carbons (Fsp3) is 0.464. The Morgan fingerprint density at radius 3 is 2.68 bits per heavy atom. The monoisotopic (exact) mass is 523 g/mol. The lowest BCUT2D eigenvalue weighted by Crippen LogP contribution is -2.59. The van der Waals surface area contributed by atoms with Gasteiger partial charge in [0.15, 0.2) is 0 Å². The summed E-state index contributed by atoms with van der Waals surface area (Å²) in [5, 5.41) is 5.53. The summed E-state index contributed by atoms with van der Waals surface area (Å²) >= 11 is 6.68. The van der Waals surface area contributed by atoms with Gasteiger partial charge in [-0.3, -0.25) is 14.7 Å². The Morgan fingerprint density at radius 2 is 1.97 bits per heavy atom. The zero-order chi connectivity index (χ0) is 25.7. The molecule has 1 amide bonds. The van der Waals surface area contributed by atoms with Crippen molar-refractivity contribution in [1.82, 2.24) is 14.9 Å². The van der Waals surface area contributed by atoms with E-state index >= 15 is 0 Å². The molecular formula is C28H31ClFN5O2. The number of rotatable bonds is 5. The Bertz CT molecular complexity index is 1320. The molecule has 1 aliphatic carbocycles. The van der Waals surface area contributed by atoms with Gasteiger partial charge in [-0.05, 0) is 48.6 Å². The number of alkyl halides is 1. The molecule has 1 N–H and O–H groups in total. The van der Waals surface area contributed by atoms with Crippen LogP contribution in [0.15, 0.2) is 48.8 Å². The van der Waals surface area contributed by atoms with Crippen LogP contribution in [0.2, 0.25) is 5.02 Å². The van der Waals surface area contributed by atoms with Crippen LogP contribution in [0, 0.1) is 11.8 Å². The molecule has 5 atom stereocenters. The predicted molar refractivity (Wildman–Crippen MR) is 143 cm³/mol. The quantitative estimate of drug-likeness (QED) is 0.530. The summed E-state index contributed by atoms with van der Waals surface area (Å²) in [5.41, 5.74) is 1.33. The van der Waals surface area contributed by atoms with Crippen LogP contribution in [0.1, 0.15) is 25.5 Å². The minimum absolute atomic E-state index is 0.0316. The van der Waals surface area contributed by atoms with Gasteiger partial charge in [-0.25, -0.2) is 9.37 Å². The average Bonchev–Trinajstić information content (AvgIpc) is 3.47. The number of aromatic nitrogens is 2. The minimum Gasteiger partial charge on any atom is -0.376 e. The standard InChI is InChI=1S/C28H31ClFN5O2/c1-17-25(21-5-3-4-6-31-21)26(17)27(36)33-24-13-18-12-22(20(29)11-19(18)14-32-24)34-7-9-35(10-8-34)28(2)16-37-15-23(28)30/h3-6,11-14,17,23,25-26H,7-10,15-16H2,1-2H3,(H,32,33,36)/t17-,23-,25-,26+,28+/m1/s1. The second-order valence-corrected chi connectivity index (χ2v) is 11.1. The smallest absolute Gasteiger partial charge is 0.229 e. The van der Waals surface area contributed by atoms with Crippen LogP contribution in [0.25, 0.3) is 10.8 Å². The number of nitrogens with one attached hydrogen (secondary N) is 1. The average molecular weight is 524 g/mol. The number of halogens is 2. The fourth-order valence-electron chi connectivity index (χ4n) is 5.95. The second kappa shape index (κ2) is 9.49. The van der Waals surface area contributed by atoms with Gasteiger partial charge in [-0.1, -0.05) is 24.6 Å². The number of hydrogen-bond donors (Lipinski definition) is 1. The first-order valence-electron chi connectivity index (χ1n) is 12.9. The SMILES string of the molecule is C[C@H]1[C@H](C(=O)Nc2cc3cc(N4CCN([C@@]5(C)COC[C@H]5F)CC4)c(Cl)cc3cn2)[C@H]1c1ccccn1. The highest BCUT2D eigenvalue weighted by Crippen LogP contribution is 2.53. The van der Waals surface area contributed by atoms with Crippen molar-refractivity contribution in [3.63, 3.8) is 0 Å². The van der Waals surface area contributed by atoms with Gasteiger partial charge in [0.05, 0.1) is 35.4 Å². The molecule has 6 rings (SSSR count). The summed E-state index contributed by atoms with van der Waals surface area (Å²) in [7, 11) is 0. The van der Waals surface area contributed by atoms with E-state index in [1.165, 1.54) is 0 Å². The van der Waals surface area contributed by atoms with Gasteiger partial charge in [-0.2, -0.15) is 0 Å². The van der Waals surface area contributed by atoms with E-state index in [1.54, 1.807) is 12.4 Å². The number of anilines is 2. The number of carbonyl (C=O) groups excluding carboxylic acids is 1. The van der Waals surface area contributed by atoms with Crippen molar-refractivity contribution in [2.75, 3.05) is 49.6 Å². The van der Waals surface area contributed by atoms with E-state index in [0.29, 0.717) is 17.4 Å². The molecule has 3 aromatic rings. The number of amides is 1. The highest BCUT2D eigenvalue weighted by molar-refractivity contribution is 6.34. The molecule has 0 unspecified atom stereocenters. The number of benzene rings is 1. The van der Waals surface area contributed by atoms with E-state index in [4.69, 9.17) is 16.3 Å². The Balaban J connectivity index is 1.16. The summed E-state index contributed by atoms with van der Waals surface area (Å²) in [6, 6.07) is 11.7. The van der Waals surface area contributed by atoms with Gasteiger partial charge < -0.3 is 15.0 Å². The number of carbonyl (C=O) groups is 1. The molecule has 0 radical (unpaired) electrons. The molecule has 37 heavy (non-hydrogen) atoms. The van der Waals surface area contributed by atoms with Gasteiger partial charge in [-0.15, -0.1) is 0 Å². The first kappa shape index (κ1) is 24.5. The van der Waals surface area contributed by atoms with E-state index < -0.39 is 11.7 Å². The molecule has 9 heteroatoms. The van der Waals surface area contributed by atoms with Crippen molar-refractivity contribution in [3.8, 4) is 0 Å². The Kier molecular flexibility index (Phi) is 6.29. The van der Waals surface area contributed by atoms with Gasteiger partial charge in [0, 0.05) is 55.6 Å². The topological polar surface area (TPSA) is 70.6 Å². The third kappa shape index (κ3) is 4.45. The molecule has 0 spiro atoms. The maximum Gasteiger partial charge on any atom is 0.229 e. The molecule has 2 aliphatic heterocycles. The zero-order valence-electron chi connectivity index (χ0n) is 21.0. The number of nitrogens with zero attached hydrogens (tertiary/aromatic N) is 4. The van der Waals surface area contributed by atoms with E-state index in [9.17, 15) is 9.18 Å². The van der Waals surface area contributed by atoms with Crippen LogP contribution in [0.5, 0.6) is 0 Å². The molecule has 1 saturated carbocycles. The molecule has 4 heterocycles. The van der Waals surface area contributed by atoms with Gasteiger partial charge in [0.2, 0.25) is 5.91 Å². The van der Waals surface area contributed by atoms with Crippen LogP contribution in [-0.2, 0) is 9.53 Å². The lowest BCUT2D eigenvalue weighted by Gasteiger charge is -2.44. The van der Waals surface area contributed by atoms with E-state index in [2.05, 4.69) is 38.1 Å². The first-order valence-corrected chi connectivity index (χ1v) is 13.3. The maximum absolute atomic E-state index is 14.5. The second-order valence-electron chi connectivity index (χ2n) is 10.7. The molecule has 3 aliphatic rings. The number of fused-ring (bicyclic) bond motifs is 1. The van der Waals surface area contributed by atoms with Gasteiger partial charge in [0.1, 0.15) is 12.0 Å². The maximum atomic E-state index is 14.5. The Labute approximate surface area is 221 Å². The van der Waals surface area contributed by atoms with E-state index in [-0.39, 0.29) is 30.3 Å². The number of piperazine rings is 1. The Morgan fingerprint density at radius 1 is 1.16 bits per heavy atom. The van der Waals surface area contributed by atoms with E-state index in [1.807, 2.05) is 37.3 Å². The molecule has 194 valence electrons. The third-order valence-electron chi connectivity index (χ3n) is 8.43. The summed E-state index contributed by atoms with van der Waals surface area (Å²) in [6.07, 6.45) is 2.54. The van der Waals surface area contributed by atoms with Gasteiger partial charge >= 0.3 is 0 Å². The molecule has 1 aromatic carbocycles. The predicted octanol–water partition coefficient (Wildman–Crippen LogP) is 4.52. The number of pyridine rings is 2. The molecule has 7 nitrogen and oxygen atoms in total. The van der Waals surface area contributed by atoms with E-state index in [0.717, 1.165) is 48.3 Å². The van der Waals surface area contributed by atoms with Crippen molar-refractivity contribution in [1.29, 1.82) is 0 Å². The summed E-state index contributed by atoms with van der Waals surface area (Å²) < 4.78 is 19.9. The normalized spacial score (nSPS) is 30.0. The fourth-order valence-corrected chi connectivity index (χ4v) is 6.24. The van der Waals surface area contributed by atoms with Crippen LogP contribution < -0.4 is 10.2 Å². The number of ether oxygens (including phenoxy) is 1. The summed E-state index contributed by atoms with van der Waals surface area (Å²) in [4.78, 5) is 26.3. The molecule has 2 aromatic heterocycles.